The van der Waals surface area contributed by atoms with Crippen LogP contribution >= 0.6 is 11.3 Å². The number of carbonyl (C=O) groups is 1. The van der Waals surface area contributed by atoms with E-state index < -0.39 is 5.41 Å². The van der Waals surface area contributed by atoms with Crippen molar-refractivity contribution in [2.45, 2.75) is 40.3 Å². The van der Waals surface area contributed by atoms with Gasteiger partial charge in [0.15, 0.2) is 5.89 Å². The third kappa shape index (κ3) is 3.53. The Morgan fingerprint density at radius 3 is 3.04 bits per heavy atom. The highest BCUT2D eigenvalue weighted by Crippen LogP contribution is 2.42. The standard InChI is InChI=1S/C19H26N4O3S/c1-4-16-17(27-13(3)22-16)5-20-18(24)19-10-23(6-14(19)8-25-11-19)7-15-9-26-12(2)21-15/h9,14H,4-8,10-11H2,1-3H3,(H,20,24)/t14-,19-/m1/s1. The summed E-state index contributed by atoms with van der Waals surface area (Å²) in [7, 11) is 0. The molecule has 0 aliphatic carbocycles. The molecule has 27 heavy (non-hydrogen) atoms. The Morgan fingerprint density at radius 1 is 1.44 bits per heavy atom. The van der Waals surface area contributed by atoms with Crippen LogP contribution in [0, 0.1) is 25.2 Å². The molecule has 0 aromatic carbocycles. The van der Waals surface area contributed by atoms with E-state index in [1.807, 2.05) is 13.8 Å². The average Bonchev–Trinajstić information content (AvgIpc) is 3.37. The molecule has 2 atom stereocenters. The van der Waals surface area contributed by atoms with E-state index in [1.165, 1.54) is 0 Å². The van der Waals surface area contributed by atoms with Gasteiger partial charge >= 0.3 is 0 Å². The topological polar surface area (TPSA) is 80.5 Å². The van der Waals surface area contributed by atoms with Crippen LogP contribution in [0.15, 0.2) is 10.7 Å². The fourth-order valence-electron chi connectivity index (χ4n) is 4.25. The highest BCUT2D eigenvalue weighted by atomic mass is 32.1. The van der Waals surface area contributed by atoms with Crippen molar-refractivity contribution in [3.63, 3.8) is 0 Å². The Morgan fingerprint density at radius 2 is 2.30 bits per heavy atom. The van der Waals surface area contributed by atoms with Crippen LogP contribution in [0.3, 0.4) is 0 Å². The van der Waals surface area contributed by atoms with Gasteiger partial charge in [0, 0.05) is 37.4 Å². The molecule has 8 heteroatoms. The first kappa shape index (κ1) is 18.6. The summed E-state index contributed by atoms with van der Waals surface area (Å²) in [5.41, 5.74) is 1.53. The summed E-state index contributed by atoms with van der Waals surface area (Å²) < 4.78 is 11.0. The van der Waals surface area contributed by atoms with Crippen LogP contribution in [0.5, 0.6) is 0 Å². The Labute approximate surface area is 163 Å². The molecule has 2 fully saturated rings. The predicted octanol–water partition coefficient (Wildman–Crippen LogP) is 2.08. The first-order valence-corrected chi connectivity index (χ1v) is 10.3. The SMILES string of the molecule is CCc1nc(C)sc1CNC(=O)[C@]12COC[C@H]1CN(Cc1coc(C)n1)C2. The fourth-order valence-corrected chi connectivity index (χ4v) is 5.22. The lowest BCUT2D eigenvalue weighted by atomic mass is 9.80. The number of hydrogen-bond donors (Lipinski definition) is 1. The smallest absolute Gasteiger partial charge is 0.230 e. The Bertz CT molecular complexity index is 833. The minimum atomic E-state index is -0.467. The molecule has 0 spiro atoms. The van der Waals surface area contributed by atoms with Crippen molar-refractivity contribution in [1.29, 1.82) is 0 Å². The van der Waals surface area contributed by atoms with Gasteiger partial charge in [-0.05, 0) is 13.3 Å². The Hall–Kier alpha value is -1.77. The van der Waals surface area contributed by atoms with Crippen molar-refractivity contribution in [2.75, 3.05) is 26.3 Å². The number of thiazole rings is 1. The fraction of sp³-hybridized carbons (Fsp3) is 0.632. The number of aromatic nitrogens is 2. The molecule has 7 nitrogen and oxygen atoms in total. The van der Waals surface area contributed by atoms with Crippen molar-refractivity contribution in [1.82, 2.24) is 20.2 Å². The van der Waals surface area contributed by atoms with E-state index in [1.54, 1.807) is 17.6 Å². The molecule has 2 saturated heterocycles. The van der Waals surface area contributed by atoms with Crippen molar-refractivity contribution < 1.29 is 13.9 Å². The molecule has 0 radical (unpaired) electrons. The lowest BCUT2D eigenvalue weighted by Gasteiger charge is -2.26. The summed E-state index contributed by atoms with van der Waals surface area (Å²) in [5, 5.41) is 4.22. The highest BCUT2D eigenvalue weighted by Gasteiger charge is 2.55. The lowest BCUT2D eigenvalue weighted by Crippen LogP contribution is -2.46. The maximum atomic E-state index is 13.2. The minimum Gasteiger partial charge on any atom is -0.449 e. The first-order chi connectivity index (χ1) is 13.0. The van der Waals surface area contributed by atoms with Gasteiger partial charge in [0.05, 0.1) is 41.6 Å². The zero-order chi connectivity index (χ0) is 19.0. The normalized spacial score (nSPS) is 25.1. The van der Waals surface area contributed by atoms with Crippen molar-refractivity contribution in [3.05, 3.63) is 33.4 Å². The van der Waals surface area contributed by atoms with Crippen LogP contribution in [0.25, 0.3) is 0 Å². The Kier molecular flexibility index (Phi) is 5.05. The van der Waals surface area contributed by atoms with Gasteiger partial charge in [0.25, 0.3) is 0 Å². The number of fused-ring (bicyclic) bond motifs is 1. The third-order valence-corrected chi connectivity index (χ3v) is 6.59. The number of ether oxygens (including phenoxy) is 1. The van der Waals surface area contributed by atoms with Gasteiger partial charge in [0.1, 0.15) is 6.26 Å². The van der Waals surface area contributed by atoms with Gasteiger partial charge in [-0.2, -0.15) is 0 Å². The van der Waals surface area contributed by atoms with Crippen LogP contribution in [0.4, 0.5) is 0 Å². The van der Waals surface area contributed by atoms with E-state index in [0.29, 0.717) is 38.7 Å². The molecule has 1 amide bonds. The van der Waals surface area contributed by atoms with Crippen molar-refractivity contribution >= 4 is 17.2 Å². The highest BCUT2D eigenvalue weighted by molar-refractivity contribution is 7.11. The van der Waals surface area contributed by atoms with Crippen LogP contribution in [-0.4, -0.2) is 47.1 Å². The average molecular weight is 391 g/mol. The van der Waals surface area contributed by atoms with E-state index in [0.717, 1.165) is 34.2 Å². The van der Waals surface area contributed by atoms with E-state index in [4.69, 9.17) is 9.15 Å². The molecular formula is C19H26N4O3S. The second kappa shape index (κ2) is 7.33. The summed E-state index contributed by atoms with van der Waals surface area (Å²) >= 11 is 1.66. The lowest BCUT2D eigenvalue weighted by molar-refractivity contribution is -0.131. The van der Waals surface area contributed by atoms with Crippen molar-refractivity contribution in [3.8, 4) is 0 Å². The van der Waals surface area contributed by atoms with Gasteiger partial charge in [0.2, 0.25) is 5.91 Å². The first-order valence-electron chi connectivity index (χ1n) is 9.44. The van der Waals surface area contributed by atoms with Gasteiger partial charge in [-0.3, -0.25) is 9.69 Å². The van der Waals surface area contributed by atoms with Gasteiger partial charge < -0.3 is 14.5 Å². The number of likely N-dealkylation sites (tertiary alicyclic amines) is 1. The number of amides is 1. The molecule has 0 unspecified atom stereocenters. The van der Waals surface area contributed by atoms with E-state index >= 15 is 0 Å². The van der Waals surface area contributed by atoms with Crippen LogP contribution in [-0.2, 0) is 29.0 Å². The quantitative estimate of drug-likeness (QED) is 0.813. The monoisotopic (exact) mass is 390 g/mol. The number of hydrogen-bond acceptors (Lipinski definition) is 7. The van der Waals surface area contributed by atoms with Gasteiger partial charge in [-0.25, -0.2) is 9.97 Å². The summed E-state index contributed by atoms with van der Waals surface area (Å²) in [6, 6.07) is 0. The second-order valence-electron chi connectivity index (χ2n) is 7.53. The van der Waals surface area contributed by atoms with Crippen LogP contribution < -0.4 is 5.32 Å². The molecule has 2 aliphatic heterocycles. The summed E-state index contributed by atoms with van der Waals surface area (Å²) in [4.78, 5) is 25.5. The Balaban J connectivity index is 1.43. The number of aryl methyl sites for hydroxylation is 3. The number of nitrogens with one attached hydrogen (secondary N) is 1. The molecular weight excluding hydrogens is 364 g/mol. The van der Waals surface area contributed by atoms with E-state index in [-0.39, 0.29) is 11.8 Å². The van der Waals surface area contributed by atoms with Crippen molar-refractivity contribution in [2.24, 2.45) is 11.3 Å². The number of oxazole rings is 1. The maximum absolute atomic E-state index is 13.2. The van der Waals surface area contributed by atoms with E-state index in [9.17, 15) is 4.79 Å². The second-order valence-corrected chi connectivity index (χ2v) is 8.82. The van der Waals surface area contributed by atoms with Gasteiger partial charge in [-0.15, -0.1) is 11.3 Å². The summed E-state index contributed by atoms with van der Waals surface area (Å²) in [5.74, 6) is 0.989. The number of nitrogens with zero attached hydrogens (tertiary/aromatic N) is 3. The third-order valence-electron chi connectivity index (χ3n) is 5.58. The number of carbonyl (C=O) groups excluding carboxylic acids is 1. The zero-order valence-corrected chi connectivity index (χ0v) is 16.9. The number of rotatable bonds is 6. The molecule has 0 saturated carbocycles. The van der Waals surface area contributed by atoms with Gasteiger partial charge in [-0.1, -0.05) is 6.92 Å². The molecule has 1 N–H and O–H groups in total. The summed E-state index contributed by atoms with van der Waals surface area (Å²) in [6.07, 6.45) is 2.59. The predicted molar refractivity (Wildman–Crippen MR) is 101 cm³/mol. The summed E-state index contributed by atoms with van der Waals surface area (Å²) in [6.45, 7) is 9.87. The van der Waals surface area contributed by atoms with Crippen LogP contribution in [0.1, 0.15) is 34.1 Å². The maximum Gasteiger partial charge on any atom is 0.230 e. The molecule has 4 heterocycles. The molecule has 4 rings (SSSR count). The molecule has 146 valence electrons. The zero-order valence-electron chi connectivity index (χ0n) is 16.1. The largest absolute Gasteiger partial charge is 0.449 e. The molecule has 0 bridgehead atoms. The van der Waals surface area contributed by atoms with E-state index in [2.05, 4.69) is 27.1 Å². The minimum absolute atomic E-state index is 0.0944. The molecule has 2 aromatic heterocycles. The molecule has 2 aliphatic rings. The van der Waals surface area contributed by atoms with Crippen LogP contribution in [0.2, 0.25) is 0 Å². The molecule has 2 aromatic rings.